The van der Waals surface area contributed by atoms with Gasteiger partial charge in [0.25, 0.3) is 0 Å². The average molecular weight is 609 g/mol. The second-order valence-corrected chi connectivity index (χ2v) is 17.6. The molecule has 0 aromatic carbocycles. The molecule has 41 heavy (non-hydrogen) atoms. The predicted octanol–water partition coefficient (Wildman–Crippen LogP) is 10.2. The Morgan fingerprint density at radius 3 is 1.59 bits per heavy atom. The highest BCUT2D eigenvalue weighted by Gasteiger charge is 2.47. The van der Waals surface area contributed by atoms with Crippen molar-refractivity contribution in [1.82, 2.24) is 0 Å². The van der Waals surface area contributed by atoms with E-state index in [1.54, 1.807) is 0 Å². The molecule has 0 aliphatic rings. The van der Waals surface area contributed by atoms with Gasteiger partial charge in [0.15, 0.2) is 0 Å². The Morgan fingerprint density at radius 1 is 0.683 bits per heavy atom. The van der Waals surface area contributed by atoms with Crippen LogP contribution in [-0.2, 0) is 23.5 Å². The number of hydrogen-bond donors (Lipinski definition) is 0. The number of halogens is 3. The maximum Gasteiger partial charge on any atom is 0.490 e. The Morgan fingerprint density at radius 2 is 1.12 bits per heavy atom. The molecule has 0 saturated carbocycles. The van der Waals surface area contributed by atoms with Crippen molar-refractivity contribution in [2.24, 2.45) is 0 Å². The Kier molecular flexibility index (Phi) is 21.5. The fourth-order valence-electron chi connectivity index (χ4n) is 5.66. The first-order chi connectivity index (χ1) is 19.3. The highest BCUT2D eigenvalue weighted by molar-refractivity contribution is 6.77. The molecule has 5 nitrogen and oxygen atoms in total. The number of rotatable bonds is 24. The number of esters is 2. The Balaban J connectivity index is 4.50. The summed E-state index contributed by atoms with van der Waals surface area (Å²) in [6.45, 7) is 13.7. The van der Waals surface area contributed by atoms with Crippen molar-refractivity contribution in [3.05, 3.63) is 12.2 Å². The molecular weight excluding hydrogens is 549 g/mol. The van der Waals surface area contributed by atoms with Crippen LogP contribution in [0.3, 0.4) is 0 Å². The third-order valence-corrected chi connectivity index (χ3v) is 13.9. The topological polar surface area (TPSA) is 61.8 Å². The first-order valence-electron chi connectivity index (χ1n) is 16.0. The van der Waals surface area contributed by atoms with Gasteiger partial charge in [0.2, 0.25) is 8.32 Å². The fourth-order valence-corrected chi connectivity index (χ4v) is 11.2. The molecular formula is C32H59F3O5Si. The number of unbranched alkanes of at least 4 members (excludes halogenated alkanes) is 11. The third kappa shape index (κ3) is 17.4. The zero-order chi connectivity index (χ0) is 31.3. The van der Waals surface area contributed by atoms with Gasteiger partial charge >= 0.3 is 18.1 Å². The minimum Gasteiger partial charge on any atom is -0.463 e. The van der Waals surface area contributed by atoms with Crippen molar-refractivity contribution in [1.29, 1.82) is 0 Å². The summed E-state index contributed by atoms with van der Waals surface area (Å²) in [4.78, 5) is 23.7. The van der Waals surface area contributed by atoms with Gasteiger partial charge < -0.3 is 13.9 Å². The lowest BCUT2D eigenvalue weighted by molar-refractivity contribution is -0.202. The van der Waals surface area contributed by atoms with Crippen molar-refractivity contribution in [2.75, 3.05) is 13.2 Å². The summed E-state index contributed by atoms with van der Waals surface area (Å²) in [5, 5.41) is 0. The minimum absolute atomic E-state index is 0.162. The van der Waals surface area contributed by atoms with E-state index in [1.165, 1.54) is 44.9 Å². The van der Waals surface area contributed by atoms with Crippen LogP contribution in [0.15, 0.2) is 12.2 Å². The second kappa shape index (κ2) is 22.2. The monoisotopic (exact) mass is 608 g/mol. The van der Waals surface area contributed by atoms with E-state index in [0.29, 0.717) is 6.42 Å². The smallest absolute Gasteiger partial charge is 0.463 e. The molecule has 0 rings (SSSR count). The molecule has 242 valence electrons. The molecule has 0 fully saturated rings. The first-order valence-corrected chi connectivity index (χ1v) is 18.1. The molecule has 0 radical (unpaired) electrons. The summed E-state index contributed by atoms with van der Waals surface area (Å²) in [6, 6.07) is 0. The van der Waals surface area contributed by atoms with Crippen molar-refractivity contribution < 1.29 is 36.7 Å². The molecule has 0 saturated heterocycles. The fraction of sp³-hybridized carbons (Fsp3) is 0.875. The summed E-state index contributed by atoms with van der Waals surface area (Å²) >= 11 is 0. The van der Waals surface area contributed by atoms with Crippen LogP contribution < -0.4 is 0 Å². The van der Waals surface area contributed by atoms with Crippen LogP contribution >= 0.6 is 0 Å². The zero-order valence-corrected chi connectivity index (χ0v) is 28.0. The molecule has 0 heterocycles. The van der Waals surface area contributed by atoms with Crippen LogP contribution in [0.25, 0.3) is 0 Å². The highest BCUT2D eigenvalue weighted by atomic mass is 28.4. The molecule has 0 amide bonds. The van der Waals surface area contributed by atoms with Gasteiger partial charge in [-0.2, -0.15) is 13.2 Å². The Labute approximate surface area is 249 Å². The normalized spacial score (nSPS) is 13.5. The number of carbonyl (C=O) groups is 2. The standard InChI is InChI=1S/C32H59F3O5Si/c1-8-9-10-11-12-13-14-15-16-17-18-19-20-21-22-23-30(36)38-24-29(25-39-31(37)32(33,34)35)40-41(26(2)3,27(4)5)28(6)7/h15-16,26-29H,8-14,17-25H2,1-7H3/b16-15-/t29-/m1/s1. The van der Waals surface area contributed by atoms with Crippen LogP contribution in [0.4, 0.5) is 13.2 Å². The van der Waals surface area contributed by atoms with Crippen LogP contribution in [0.1, 0.15) is 138 Å². The molecule has 0 aromatic rings. The number of hydrogen-bond acceptors (Lipinski definition) is 5. The lowest BCUT2D eigenvalue weighted by Crippen LogP contribution is -2.52. The first kappa shape index (κ1) is 39.6. The van der Waals surface area contributed by atoms with Gasteiger partial charge in [-0.05, 0) is 48.7 Å². The highest BCUT2D eigenvalue weighted by Crippen LogP contribution is 2.43. The Hall–Kier alpha value is -1.35. The van der Waals surface area contributed by atoms with Crippen molar-refractivity contribution in [2.45, 2.75) is 167 Å². The molecule has 1 atom stereocenters. The number of ether oxygens (including phenoxy) is 2. The van der Waals surface area contributed by atoms with Crippen LogP contribution in [0.2, 0.25) is 16.6 Å². The Bertz CT molecular complexity index is 701. The van der Waals surface area contributed by atoms with Crippen LogP contribution in [-0.4, -0.2) is 45.8 Å². The third-order valence-electron chi connectivity index (χ3n) is 7.78. The maximum atomic E-state index is 12.7. The average Bonchev–Trinajstić information content (AvgIpc) is 2.89. The molecule has 0 unspecified atom stereocenters. The molecule has 0 spiro atoms. The molecule has 0 aromatic heterocycles. The van der Waals surface area contributed by atoms with Gasteiger partial charge in [0, 0.05) is 6.42 Å². The minimum atomic E-state index is -5.09. The van der Waals surface area contributed by atoms with Gasteiger partial charge in [-0.15, -0.1) is 0 Å². The van der Waals surface area contributed by atoms with E-state index in [1.807, 2.05) is 41.5 Å². The van der Waals surface area contributed by atoms with E-state index in [4.69, 9.17) is 9.16 Å². The predicted molar refractivity (Wildman–Crippen MR) is 163 cm³/mol. The largest absolute Gasteiger partial charge is 0.490 e. The van der Waals surface area contributed by atoms with E-state index < -0.39 is 39.1 Å². The summed E-state index contributed by atoms with van der Waals surface area (Å²) < 4.78 is 54.6. The van der Waals surface area contributed by atoms with Gasteiger partial charge in [0.05, 0.1) is 0 Å². The maximum absolute atomic E-state index is 12.7. The van der Waals surface area contributed by atoms with E-state index in [2.05, 4.69) is 23.8 Å². The molecule has 0 aliphatic carbocycles. The summed E-state index contributed by atoms with van der Waals surface area (Å²) in [5.41, 5.74) is 0.486. The molecule has 9 heteroatoms. The molecule has 0 N–H and O–H groups in total. The van der Waals surface area contributed by atoms with Crippen molar-refractivity contribution >= 4 is 20.3 Å². The lowest BCUT2D eigenvalue weighted by Gasteiger charge is -2.44. The quantitative estimate of drug-likeness (QED) is 0.0472. The van der Waals surface area contributed by atoms with E-state index in [9.17, 15) is 22.8 Å². The summed E-state index contributed by atoms with van der Waals surface area (Å²) in [6.07, 6.45) is 13.9. The van der Waals surface area contributed by atoms with Gasteiger partial charge in [-0.25, -0.2) is 4.79 Å². The van der Waals surface area contributed by atoms with Gasteiger partial charge in [-0.1, -0.05) is 112 Å². The van der Waals surface area contributed by atoms with E-state index >= 15 is 0 Å². The van der Waals surface area contributed by atoms with Gasteiger partial charge in [-0.3, -0.25) is 4.79 Å². The zero-order valence-electron chi connectivity index (χ0n) is 27.0. The van der Waals surface area contributed by atoms with Crippen LogP contribution in [0, 0.1) is 0 Å². The molecule has 0 bridgehead atoms. The van der Waals surface area contributed by atoms with E-state index in [-0.39, 0.29) is 29.7 Å². The van der Waals surface area contributed by atoms with Gasteiger partial charge in [0.1, 0.15) is 19.3 Å². The SMILES string of the molecule is CCCCCCCC/C=C\CCCCCCCC(=O)OC[C@H](COC(=O)C(F)(F)F)O[Si](C(C)C)(C(C)C)C(C)C. The van der Waals surface area contributed by atoms with Crippen molar-refractivity contribution in [3.8, 4) is 0 Å². The second-order valence-electron chi connectivity index (χ2n) is 12.2. The summed E-state index contributed by atoms with van der Waals surface area (Å²) in [7, 11) is -2.51. The number of alkyl halides is 3. The number of allylic oxidation sites excluding steroid dienone is 2. The van der Waals surface area contributed by atoms with Crippen molar-refractivity contribution in [3.63, 3.8) is 0 Å². The number of carbonyl (C=O) groups excluding carboxylic acids is 2. The summed E-state index contributed by atoms with van der Waals surface area (Å²) in [5.74, 6) is -2.68. The van der Waals surface area contributed by atoms with Crippen LogP contribution in [0.5, 0.6) is 0 Å². The lowest BCUT2D eigenvalue weighted by atomic mass is 10.1. The molecule has 0 aliphatic heterocycles. The van der Waals surface area contributed by atoms with E-state index in [0.717, 1.165) is 32.1 Å².